The van der Waals surface area contributed by atoms with Crippen LogP contribution < -0.4 is 27.0 Å². The molecule has 4 aliphatic carbocycles. The Balaban J connectivity index is 1.09. The lowest BCUT2D eigenvalue weighted by molar-refractivity contribution is -0.167. The van der Waals surface area contributed by atoms with E-state index < -0.39 is 12.0 Å². The molecule has 7 N–H and O–H groups in total. The molecule has 4 saturated carbocycles. The molecule has 9 heteroatoms. The summed E-state index contributed by atoms with van der Waals surface area (Å²) in [6.45, 7) is 13.3. The van der Waals surface area contributed by atoms with E-state index in [0.29, 0.717) is 59.8 Å². The molecule has 51 heavy (non-hydrogen) atoms. The fraction of sp³-hybridized carbons (Fsp3) is 0.810. The van der Waals surface area contributed by atoms with E-state index in [4.69, 9.17) is 10.5 Å². The molecule has 1 amide bonds. The molecule has 0 heterocycles. The van der Waals surface area contributed by atoms with Crippen LogP contribution in [0.3, 0.4) is 0 Å². The third kappa shape index (κ3) is 9.74. The van der Waals surface area contributed by atoms with Gasteiger partial charge in [0, 0.05) is 32.0 Å². The summed E-state index contributed by atoms with van der Waals surface area (Å²) < 4.78 is 5.02. The second-order valence-corrected chi connectivity index (χ2v) is 17.3. The van der Waals surface area contributed by atoms with Gasteiger partial charge < -0.3 is 36.8 Å². The lowest BCUT2D eigenvalue weighted by atomic mass is 9.43. The molecular formula is C42H71N5O4. The van der Waals surface area contributed by atoms with Crippen LogP contribution in [-0.2, 0) is 20.7 Å². The van der Waals surface area contributed by atoms with Gasteiger partial charge in [0.15, 0.2) is 0 Å². The number of carbonyl (C=O) groups excluding carboxylic acids is 2. The predicted molar refractivity (Wildman–Crippen MR) is 205 cm³/mol. The topological polar surface area (TPSA) is 138 Å². The summed E-state index contributed by atoms with van der Waals surface area (Å²) in [5.74, 6) is 2.62. The van der Waals surface area contributed by atoms with Crippen LogP contribution in [0.15, 0.2) is 30.3 Å². The van der Waals surface area contributed by atoms with Crippen molar-refractivity contribution in [3.8, 4) is 0 Å². The molecule has 0 bridgehead atoms. The highest BCUT2D eigenvalue weighted by molar-refractivity contribution is 5.84. The summed E-state index contributed by atoms with van der Waals surface area (Å²) in [6, 6.07) is 9.65. The number of nitrogens with one attached hydrogen (secondary N) is 4. The van der Waals surface area contributed by atoms with Crippen LogP contribution in [0.1, 0.15) is 103 Å². The standard InChI is InChI=1S/C42H71N5O4/c1-29(12-15-38(49)47-36(40(50)51-4)26-30-10-6-5-7-11-30)33-13-14-34-39-35(17-19-42(33,34)3)41(2)18-16-32(27-31(41)28-37(39)48)46-23-9-22-45-25-24-44-21-8-20-43/h5-7,10-11,29,31-37,39,44-46,48H,8-9,12-28,43H2,1-4H3,(H,47,49)/t29-,31+,32+,33?,34?,35?,36+,37-,39?,41+,42-/m1/s1. The summed E-state index contributed by atoms with van der Waals surface area (Å²) in [7, 11) is 1.38. The first kappa shape index (κ1) is 40.2. The van der Waals surface area contributed by atoms with Gasteiger partial charge in [0.05, 0.1) is 13.2 Å². The van der Waals surface area contributed by atoms with Gasteiger partial charge in [0.25, 0.3) is 0 Å². The van der Waals surface area contributed by atoms with Crippen molar-refractivity contribution in [2.45, 2.75) is 122 Å². The van der Waals surface area contributed by atoms with Crippen molar-refractivity contribution in [3.63, 3.8) is 0 Å². The highest BCUT2D eigenvalue weighted by Gasteiger charge is 2.62. The molecule has 4 unspecified atom stereocenters. The second-order valence-electron chi connectivity index (χ2n) is 17.3. The molecule has 5 rings (SSSR count). The molecule has 0 radical (unpaired) electrons. The Morgan fingerprint density at radius 3 is 2.35 bits per heavy atom. The minimum atomic E-state index is -0.681. The first-order valence-corrected chi connectivity index (χ1v) is 20.5. The number of amides is 1. The van der Waals surface area contributed by atoms with E-state index in [1.54, 1.807) is 0 Å². The zero-order valence-electron chi connectivity index (χ0n) is 32.3. The molecule has 0 aromatic heterocycles. The van der Waals surface area contributed by atoms with E-state index in [-0.39, 0.29) is 17.4 Å². The Morgan fingerprint density at radius 2 is 1.63 bits per heavy atom. The van der Waals surface area contributed by atoms with Gasteiger partial charge >= 0.3 is 5.97 Å². The number of benzene rings is 1. The highest BCUT2D eigenvalue weighted by Crippen LogP contribution is 2.68. The van der Waals surface area contributed by atoms with E-state index in [9.17, 15) is 14.7 Å². The first-order chi connectivity index (χ1) is 24.6. The molecule has 11 atom stereocenters. The number of nitrogens with two attached hydrogens (primary N) is 1. The fourth-order valence-electron chi connectivity index (χ4n) is 11.6. The zero-order chi connectivity index (χ0) is 36.4. The number of fused-ring (bicyclic) bond motifs is 5. The second kappa shape index (κ2) is 18.8. The molecule has 0 aliphatic heterocycles. The quantitative estimate of drug-likeness (QED) is 0.0890. The van der Waals surface area contributed by atoms with E-state index in [1.807, 2.05) is 30.3 Å². The molecule has 288 valence electrons. The van der Waals surface area contributed by atoms with Crippen molar-refractivity contribution in [3.05, 3.63) is 35.9 Å². The Hall–Kier alpha value is -2.04. The van der Waals surface area contributed by atoms with Crippen molar-refractivity contribution in [2.24, 2.45) is 52.1 Å². The van der Waals surface area contributed by atoms with Crippen molar-refractivity contribution in [2.75, 3.05) is 46.4 Å². The van der Waals surface area contributed by atoms with Crippen molar-refractivity contribution >= 4 is 11.9 Å². The van der Waals surface area contributed by atoms with Gasteiger partial charge in [-0.1, -0.05) is 51.1 Å². The molecule has 1 aromatic carbocycles. The maximum absolute atomic E-state index is 13.2. The fourth-order valence-corrected chi connectivity index (χ4v) is 11.6. The zero-order valence-corrected chi connectivity index (χ0v) is 32.3. The van der Waals surface area contributed by atoms with Crippen LogP contribution in [0.4, 0.5) is 0 Å². The Morgan fingerprint density at radius 1 is 0.922 bits per heavy atom. The third-order valence-electron chi connectivity index (χ3n) is 14.4. The van der Waals surface area contributed by atoms with Crippen LogP contribution in [0.5, 0.6) is 0 Å². The number of esters is 1. The number of carbonyl (C=O) groups is 2. The summed E-state index contributed by atoms with van der Waals surface area (Å²) in [4.78, 5) is 25.7. The van der Waals surface area contributed by atoms with Crippen molar-refractivity contribution < 1.29 is 19.4 Å². The number of aliphatic hydroxyl groups excluding tert-OH is 1. The van der Waals surface area contributed by atoms with Gasteiger partial charge in [-0.25, -0.2) is 4.79 Å². The van der Waals surface area contributed by atoms with Crippen LogP contribution in [0.2, 0.25) is 0 Å². The highest BCUT2D eigenvalue weighted by atomic mass is 16.5. The molecule has 1 aromatic rings. The van der Waals surface area contributed by atoms with Gasteiger partial charge in [-0.2, -0.15) is 0 Å². The molecule has 0 spiro atoms. The van der Waals surface area contributed by atoms with Crippen LogP contribution in [0.25, 0.3) is 0 Å². The summed E-state index contributed by atoms with van der Waals surface area (Å²) in [5.41, 5.74) is 7.07. The number of hydrogen-bond donors (Lipinski definition) is 6. The SMILES string of the molecule is COC(=O)[C@H](Cc1ccccc1)NC(=O)CC[C@@H](C)C1CCC2C3C(CC[C@@]21C)[C@@]1(C)CC[C@H](NCCCNCCNCCCN)C[C@H]1C[C@H]3O. The van der Waals surface area contributed by atoms with Gasteiger partial charge in [-0.3, -0.25) is 4.79 Å². The van der Waals surface area contributed by atoms with Gasteiger partial charge in [0.2, 0.25) is 5.91 Å². The average molecular weight is 710 g/mol. The van der Waals surface area contributed by atoms with Gasteiger partial charge in [0.1, 0.15) is 6.04 Å². The largest absolute Gasteiger partial charge is 0.467 e. The smallest absolute Gasteiger partial charge is 0.328 e. The van der Waals surface area contributed by atoms with Gasteiger partial charge in [-0.15, -0.1) is 0 Å². The Bertz CT molecular complexity index is 1230. The van der Waals surface area contributed by atoms with Crippen LogP contribution >= 0.6 is 0 Å². The number of ether oxygens (including phenoxy) is 1. The normalized spacial score (nSPS) is 34.1. The molecule has 4 aliphatic rings. The van der Waals surface area contributed by atoms with E-state index >= 15 is 0 Å². The van der Waals surface area contributed by atoms with Crippen LogP contribution in [-0.4, -0.2) is 81.5 Å². The van der Waals surface area contributed by atoms with E-state index in [1.165, 1.54) is 52.1 Å². The number of hydrogen-bond acceptors (Lipinski definition) is 8. The number of aliphatic hydroxyl groups is 1. The molecular weight excluding hydrogens is 638 g/mol. The van der Waals surface area contributed by atoms with E-state index in [2.05, 4.69) is 42.0 Å². The minimum absolute atomic E-state index is 0.0812. The molecule has 9 nitrogen and oxygen atoms in total. The van der Waals surface area contributed by atoms with Crippen molar-refractivity contribution in [1.29, 1.82) is 0 Å². The summed E-state index contributed by atoms with van der Waals surface area (Å²) in [6.07, 6.45) is 13.1. The summed E-state index contributed by atoms with van der Waals surface area (Å²) in [5, 5.41) is 25.7. The Kier molecular flexibility index (Phi) is 14.8. The van der Waals surface area contributed by atoms with E-state index in [0.717, 1.165) is 70.5 Å². The first-order valence-electron chi connectivity index (χ1n) is 20.5. The molecule has 4 fully saturated rings. The molecule has 0 saturated heterocycles. The maximum Gasteiger partial charge on any atom is 0.328 e. The average Bonchev–Trinajstić information content (AvgIpc) is 3.48. The lowest BCUT2D eigenvalue weighted by Gasteiger charge is -2.62. The number of methoxy groups -OCH3 is 1. The van der Waals surface area contributed by atoms with Gasteiger partial charge in [-0.05, 0) is 149 Å². The maximum atomic E-state index is 13.2. The lowest BCUT2D eigenvalue weighted by Crippen LogP contribution is -2.59. The monoisotopic (exact) mass is 710 g/mol. The third-order valence-corrected chi connectivity index (χ3v) is 14.4. The van der Waals surface area contributed by atoms with Crippen molar-refractivity contribution in [1.82, 2.24) is 21.3 Å². The van der Waals surface area contributed by atoms with Crippen LogP contribution in [0, 0.1) is 46.3 Å². The summed E-state index contributed by atoms with van der Waals surface area (Å²) >= 11 is 0. The predicted octanol–water partition coefficient (Wildman–Crippen LogP) is 4.81. The minimum Gasteiger partial charge on any atom is -0.467 e. The number of rotatable bonds is 19. The Labute approximate surface area is 308 Å².